The van der Waals surface area contributed by atoms with E-state index in [1.807, 2.05) is 41.3 Å². The summed E-state index contributed by atoms with van der Waals surface area (Å²) in [7, 11) is 1.64. The average Bonchev–Trinajstić information content (AvgIpc) is 2.49. The van der Waals surface area contributed by atoms with Crippen LogP contribution in [0.25, 0.3) is 0 Å². The van der Waals surface area contributed by atoms with Gasteiger partial charge in [-0.25, -0.2) is 4.99 Å². The molecule has 0 aliphatic carbocycles. The maximum Gasteiger partial charge on any atom is 0.197 e. The first-order chi connectivity index (χ1) is 10.2. The highest BCUT2D eigenvalue weighted by Crippen LogP contribution is 2.28. The van der Waals surface area contributed by atoms with Crippen LogP contribution in [0.3, 0.4) is 0 Å². The number of fused-ring (bicyclic) bond motifs is 1. The summed E-state index contributed by atoms with van der Waals surface area (Å²) in [6.07, 6.45) is 0. The Morgan fingerprint density at radius 2 is 2.10 bits per heavy atom. The summed E-state index contributed by atoms with van der Waals surface area (Å²) in [6.45, 7) is 1.36. The van der Waals surface area contributed by atoms with E-state index in [-0.39, 0.29) is 0 Å². The number of para-hydroxylation sites is 1. The van der Waals surface area contributed by atoms with E-state index < -0.39 is 0 Å². The van der Waals surface area contributed by atoms with Gasteiger partial charge in [-0.1, -0.05) is 35.9 Å². The molecule has 5 heteroatoms. The monoisotopic (exact) mass is 301 g/mol. The Hall–Kier alpha value is -2.20. The van der Waals surface area contributed by atoms with E-state index in [1.165, 1.54) is 5.56 Å². The molecule has 0 spiro atoms. The number of hydrogen-bond acceptors (Lipinski definition) is 4. The van der Waals surface area contributed by atoms with Crippen LogP contribution >= 0.6 is 11.6 Å². The fourth-order valence-electron chi connectivity index (χ4n) is 2.43. The molecule has 0 aromatic heterocycles. The topological polar surface area (TPSA) is 50.8 Å². The Morgan fingerprint density at radius 3 is 2.90 bits per heavy atom. The Bertz CT molecular complexity index is 700. The number of benzene rings is 2. The predicted octanol–water partition coefficient (Wildman–Crippen LogP) is 3.31. The molecule has 21 heavy (non-hydrogen) atoms. The van der Waals surface area contributed by atoms with Gasteiger partial charge in [-0.2, -0.15) is 0 Å². The molecule has 2 aromatic carbocycles. The lowest BCUT2D eigenvalue weighted by Crippen LogP contribution is -2.38. The van der Waals surface area contributed by atoms with Crippen LogP contribution in [-0.2, 0) is 13.1 Å². The lowest BCUT2D eigenvalue weighted by atomic mass is 10.1. The van der Waals surface area contributed by atoms with Crippen LogP contribution in [-0.4, -0.2) is 18.0 Å². The Morgan fingerprint density at radius 1 is 1.29 bits per heavy atom. The van der Waals surface area contributed by atoms with Crippen molar-refractivity contribution in [3.8, 4) is 5.75 Å². The van der Waals surface area contributed by atoms with E-state index in [0.29, 0.717) is 17.5 Å². The van der Waals surface area contributed by atoms with E-state index in [4.69, 9.17) is 22.1 Å². The number of halogens is 1. The van der Waals surface area contributed by atoms with Crippen LogP contribution in [0.4, 0.5) is 5.69 Å². The number of methoxy groups -OCH3 is 1. The molecule has 0 saturated carbocycles. The Balaban J connectivity index is 1.87. The number of ether oxygens (including phenoxy) is 1. The third kappa shape index (κ3) is 2.81. The molecule has 0 amide bonds. The fourth-order valence-corrected chi connectivity index (χ4v) is 2.59. The van der Waals surface area contributed by atoms with Crippen LogP contribution < -0.4 is 10.5 Å². The van der Waals surface area contributed by atoms with E-state index in [1.54, 1.807) is 7.11 Å². The van der Waals surface area contributed by atoms with Gasteiger partial charge >= 0.3 is 0 Å². The van der Waals surface area contributed by atoms with Crippen LogP contribution in [0, 0.1) is 0 Å². The van der Waals surface area contributed by atoms with Gasteiger partial charge in [0.25, 0.3) is 0 Å². The van der Waals surface area contributed by atoms with Crippen molar-refractivity contribution in [3.05, 3.63) is 58.6 Å². The molecular weight excluding hydrogens is 286 g/mol. The molecule has 108 valence electrons. The molecule has 0 unspecified atom stereocenters. The molecule has 1 heterocycles. The highest BCUT2D eigenvalue weighted by molar-refractivity contribution is 6.30. The third-order valence-corrected chi connectivity index (χ3v) is 3.76. The summed E-state index contributed by atoms with van der Waals surface area (Å²) in [5.74, 6) is 1.28. The summed E-state index contributed by atoms with van der Waals surface area (Å²) >= 11 is 5.99. The van der Waals surface area contributed by atoms with Crippen molar-refractivity contribution in [3.63, 3.8) is 0 Å². The minimum absolute atomic E-state index is 0.519. The second-order valence-electron chi connectivity index (χ2n) is 4.91. The summed E-state index contributed by atoms with van der Waals surface area (Å²) in [6, 6.07) is 13.6. The average molecular weight is 302 g/mol. The van der Waals surface area contributed by atoms with Gasteiger partial charge in [-0.05, 0) is 23.8 Å². The predicted molar refractivity (Wildman–Crippen MR) is 85.0 cm³/mol. The second kappa shape index (κ2) is 5.66. The minimum atomic E-state index is 0.519. The normalized spacial score (nSPS) is 13.6. The van der Waals surface area contributed by atoms with Gasteiger partial charge in [0.2, 0.25) is 0 Å². The second-order valence-corrected chi connectivity index (χ2v) is 5.35. The number of hydrogen-bond donors (Lipinski definition) is 1. The summed E-state index contributed by atoms with van der Waals surface area (Å²) < 4.78 is 5.38. The van der Waals surface area contributed by atoms with Crippen LogP contribution in [0.2, 0.25) is 5.02 Å². The molecule has 0 bridgehead atoms. The van der Waals surface area contributed by atoms with Crippen molar-refractivity contribution in [1.29, 1.82) is 0 Å². The summed E-state index contributed by atoms with van der Waals surface area (Å²) in [5, 5.41) is 0.654. The maximum atomic E-state index is 6.07. The van der Waals surface area contributed by atoms with Crippen LogP contribution in [0.1, 0.15) is 11.1 Å². The van der Waals surface area contributed by atoms with E-state index in [9.17, 15) is 0 Å². The quantitative estimate of drug-likeness (QED) is 0.946. The number of rotatable bonds is 3. The van der Waals surface area contributed by atoms with Gasteiger partial charge < -0.3 is 15.4 Å². The molecule has 0 radical (unpaired) electrons. The molecule has 3 rings (SSSR count). The Labute approximate surface area is 128 Å². The highest BCUT2D eigenvalue weighted by Gasteiger charge is 2.18. The van der Waals surface area contributed by atoms with Gasteiger partial charge in [-0.15, -0.1) is 0 Å². The molecule has 2 aromatic rings. The molecule has 2 N–H and O–H groups in total. The molecule has 0 saturated heterocycles. The largest absolute Gasteiger partial charge is 0.496 e. The van der Waals surface area contributed by atoms with Crippen molar-refractivity contribution in [2.45, 2.75) is 13.1 Å². The first-order valence-corrected chi connectivity index (χ1v) is 7.04. The van der Waals surface area contributed by atoms with E-state index in [0.717, 1.165) is 23.5 Å². The molecule has 1 aliphatic rings. The number of nitrogens with zero attached hydrogens (tertiary/aromatic N) is 2. The number of nitrogens with two attached hydrogens (primary N) is 1. The first-order valence-electron chi connectivity index (χ1n) is 6.67. The summed E-state index contributed by atoms with van der Waals surface area (Å²) in [4.78, 5) is 6.47. The number of aliphatic imine (C=N–C) groups is 1. The lowest BCUT2D eigenvalue weighted by molar-refractivity contribution is 0.370. The zero-order chi connectivity index (χ0) is 14.8. The fraction of sp³-hybridized carbons (Fsp3) is 0.188. The van der Waals surface area contributed by atoms with Crippen molar-refractivity contribution in [1.82, 2.24) is 4.90 Å². The molecular formula is C16H16ClN3O. The van der Waals surface area contributed by atoms with Crippen LogP contribution in [0.5, 0.6) is 5.75 Å². The molecule has 1 aliphatic heterocycles. The third-order valence-electron chi connectivity index (χ3n) is 3.52. The van der Waals surface area contributed by atoms with Crippen molar-refractivity contribution >= 4 is 23.2 Å². The SMILES string of the molecule is COc1cc(Cl)ccc1CN1Cc2ccccc2N=C1N. The van der Waals surface area contributed by atoms with Gasteiger partial charge in [0, 0.05) is 23.7 Å². The molecule has 0 atom stereocenters. The van der Waals surface area contributed by atoms with Crippen LogP contribution in [0.15, 0.2) is 47.5 Å². The van der Waals surface area contributed by atoms with E-state index >= 15 is 0 Å². The standard InChI is InChI=1S/C16H16ClN3O/c1-21-15-8-13(17)7-6-12(15)10-20-9-11-4-2-3-5-14(11)19-16(20)18/h2-8H,9-10H2,1H3,(H2,18,19). The van der Waals surface area contributed by atoms with Gasteiger partial charge in [0.1, 0.15) is 5.75 Å². The first kappa shape index (κ1) is 13.8. The van der Waals surface area contributed by atoms with Gasteiger partial charge in [-0.3, -0.25) is 0 Å². The van der Waals surface area contributed by atoms with Crippen molar-refractivity contribution in [2.24, 2.45) is 10.7 Å². The number of guanidine groups is 1. The van der Waals surface area contributed by atoms with Crippen molar-refractivity contribution in [2.75, 3.05) is 7.11 Å². The van der Waals surface area contributed by atoms with Gasteiger partial charge in [0.15, 0.2) is 5.96 Å². The molecule has 0 fully saturated rings. The van der Waals surface area contributed by atoms with Gasteiger partial charge in [0.05, 0.1) is 12.8 Å². The zero-order valence-corrected chi connectivity index (χ0v) is 12.5. The van der Waals surface area contributed by atoms with Crippen molar-refractivity contribution < 1.29 is 4.74 Å². The summed E-state index contributed by atoms with van der Waals surface area (Å²) in [5.41, 5.74) is 9.20. The maximum absolute atomic E-state index is 6.07. The van der Waals surface area contributed by atoms with E-state index in [2.05, 4.69) is 11.1 Å². The minimum Gasteiger partial charge on any atom is -0.496 e. The zero-order valence-electron chi connectivity index (χ0n) is 11.7. The smallest absolute Gasteiger partial charge is 0.197 e. The molecule has 4 nitrogen and oxygen atoms in total. The Kier molecular flexibility index (Phi) is 3.71. The highest BCUT2D eigenvalue weighted by atomic mass is 35.5. The lowest BCUT2D eigenvalue weighted by Gasteiger charge is -2.28.